The van der Waals surface area contributed by atoms with E-state index in [2.05, 4.69) is 38.5 Å². The molecule has 19 heavy (non-hydrogen) atoms. The number of benzene rings is 2. The van der Waals surface area contributed by atoms with Crippen LogP contribution < -0.4 is 0 Å². The third kappa shape index (κ3) is 2.60. The Morgan fingerprint density at radius 2 is 1.58 bits per heavy atom. The van der Waals surface area contributed by atoms with Crippen molar-refractivity contribution in [3.8, 4) is 22.6 Å². The maximum Gasteiger partial charge on any atom is 0.139 e. The predicted molar refractivity (Wildman–Crippen MR) is 84.4 cm³/mol. The molecular formula is C15H11BrN2S. The second kappa shape index (κ2) is 5.23. The lowest BCUT2D eigenvalue weighted by Gasteiger charge is -1.98. The molecule has 0 aliphatic heterocycles. The van der Waals surface area contributed by atoms with Crippen molar-refractivity contribution in [2.24, 2.45) is 0 Å². The summed E-state index contributed by atoms with van der Waals surface area (Å²) in [7, 11) is 0. The van der Waals surface area contributed by atoms with E-state index in [0.29, 0.717) is 5.03 Å². The second-order valence-electron chi connectivity index (χ2n) is 4.16. The molecule has 4 heteroatoms. The van der Waals surface area contributed by atoms with E-state index in [-0.39, 0.29) is 0 Å². The zero-order valence-corrected chi connectivity index (χ0v) is 12.4. The van der Waals surface area contributed by atoms with E-state index >= 15 is 0 Å². The summed E-state index contributed by atoms with van der Waals surface area (Å²) >= 11 is 7.88. The van der Waals surface area contributed by atoms with Gasteiger partial charge in [0.2, 0.25) is 0 Å². The van der Waals surface area contributed by atoms with E-state index in [0.717, 1.165) is 27.1 Å². The van der Waals surface area contributed by atoms with Gasteiger partial charge in [-0.15, -0.1) is 12.6 Å². The van der Waals surface area contributed by atoms with Crippen LogP contribution in [0.1, 0.15) is 0 Å². The SMILES string of the molecule is Sc1nc(-c2ccc(Br)cc2)[nH]c1-c1ccccc1. The molecule has 2 aromatic carbocycles. The van der Waals surface area contributed by atoms with Gasteiger partial charge in [-0.3, -0.25) is 0 Å². The predicted octanol–water partition coefficient (Wildman–Crippen LogP) is 4.79. The van der Waals surface area contributed by atoms with Gasteiger partial charge in [0.15, 0.2) is 0 Å². The van der Waals surface area contributed by atoms with Crippen LogP contribution in [0.3, 0.4) is 0 Å². The van der Waals surface area contributed by atoms with Gasteiger partial charge >= 0.3 is 0 Å². The minimum Gasteiger partial charge on any atom is -0.337 e. The number of rotatable bonds is 2. The van der Waals surface area contributed by atoms with E-state index < -0.39 is 0 Å². The van der Waals surface area contributed by atoms with Crippen molar-refractivity contribution < 1.29 is 0 Å². The molecule has 0 atom stereocenters. The smallest absolute Gasteiger partial charge is 0.139 e. The minimum absolute atomic E-state index is 0.712. The van der Waals surface area contributed by atoms with E-state index in [1.54, 1.807) is 0 Å². The number of nitrogens with zero attached hydrogens (tertiary/aromatic N) is 1. The number of aromatic nitrogens is 2. The average molecular weight is 331 g/mol. The van der Waals surface area contributed by atoms with Gasteiger partial charge < -0.3 is 4.98 Å². The molecule has 3 aromatic rings. The fourth-order valence-electron chi connectivity index (χ4n) is 1.91. The first-order valence-electron chi connectivity index (χ1n) is 5.84. The molecule has 0 fully saturated rings. The van der Waals surface area contributed by atoms with E-state index in [1.165, 1.54) is 0 Å². The fourth-order valence-corrected chi connectivity index (χ4v) is 2.46. The van der Waals surface area contributed by atoms with Gasteiger partial charge in [-0.1, -0.05) is 58.4 Å². The number of halogens is 1. The number of H-pyrrole nitrogens is 1. The summed E-state index contributed by atoms with van der Waals surface area (Å²) in [4.78, 5) is 7.81. The van der Waals surface area contributed by atoms with Crippen LogP contribution >= 0.6 is 28.6 Å². The summed E-state index contributed by atoms with van der Waals surface area (Å²) in [6.45, 7) is 0. The summed E-state index contributed by atoms with van der Waals surface area (Å²) in [5.74, 6) is 0.830. The molecule has 0 saturated carbocycles. The molecule has 0 saturated heterocycles. The van der Waals surface area contributed by atoms with Crippen molar-refractivity contribution in [3.05, 3.63) is 59.1 Å². The summed E-state index contributed by atoms with van der Waals surface area (Å²) in [5, 5.41) is 0.712. The molecule has 0 aliphatic rings. The van der Waals surface area contributed by atoms with Crippen molar-refractivity contribution in [1.29, 1.82) is 0 Å². The number of thiol groups is 1. The third-order valence-corrected chi connectivity index (χ3v) is 3.72. The topological polar surface area (TPSA) is 28.7 Å². The van der Waals surface area contributed by atoms with Crippen molar-refractivity contribution in [1.82, 2.24) is 9.97 Å². The fraction of sp³-hybridized carbons (Fsp3) is 0. The molecule has 0 aliphatic carbocycles. The minimum atomic E-state index is 0.712. The number of imidazole rings is 1. The van der Waals surface area contributed by atoms with Gasteiger partial charge in [0.05, 0.1) is 5.69 Å². The summed E-state index contributed by atoms with van der Waals surface area (Å²) < 4.78 is 1.05. The van der Waals surface area contributed by atoms with Gasteiger partial charge in [0.25, 0.3) is 0 Å². The Morgan fingerprint density at radius 3 is 2.26 bits per heavy atom. The van der Waals surface area contributed by atoms with Crippen molar-refractivity contribution >= 4 is 28.6 Å². The Labute approximate surface area is 125 Å². The molecule has 0 spiro atoms. The molecule has 2 nitrogen and oxygen atoms in total. The van der Waals surface area contributed by atoms with Crippen molar-refractivity contribution in [3.63, 3.8) is 0 Å². The standard InChI is InChI=1S/C15H11BrN2S/c16-12-8-6-11(7-9-12)14-17-13(15(19)18-14)10-4-2-1-3-5-10/h1-9,19H,(H,17,18). The molecule has 1 N–H and O–H groups in total. The van der Waals surface area contributed by atoms with Gasteiger partial charge in [0, 0.05) is 15.6 Å². The van der Waals surface area contributed by atoms with E-state index in [1.807, 2.05) is 54.6 Å². The largest absolute Gasteiger partial charge is 0.337 e. The Morgan fingerprint density at radius 1 is 0.895 bits per heavy atom. The van der Waals surface area contributed by atoms with Crippen molar-refractivity contribution in [2.75, 3.05) is 0 Å². The molecule has 0 unspecified atom stereocenters. The number of hydrogen-bond acceptors (Lipinski definition) is 2. The normalized spacial score (nSPS) is 10.6. The van der Waals surface area contributed by atoms with Crippen LogP contribution in [0.2, 0.25) is 0 Å². The summed E-state index contributed by atoms with van der Waals surface area (Å²) in [6.07, 6.45) is 0. The number of nitrogens with one attached hydrogen (secondary N) is 1. The van der Waals surface area contributed by atoms with Gasteiger partial charge in [-0.2, -0.15) is 0 Å². The third-order valence-electron chi connectivity index (χ3n) is 2.86. The van der Waals surface area contributed by atoms with Crippen LogP contribution in [0, 0.1) is 0 Å². The lowest BCUT2D eigenvalue weighted by atomic mass is 10.2. The Kier molecular flexibility index (Phi) is 3.44. The number of aromatic amines is 1. The quantitative estimate of drug-likeness (QED) is 0.649. The molecule has 0 amide bonds. The van der Waals surface area contributed by atoms with Crippen LogP contribution in [0.25, 0.3) is 22.6 Å². The van der Waals surface area contributed by atoms with E-state index in [4.69, 9.17) is 0 Å². The molecule has 1 aromatic heterocycles. The zero-order valence-electron chi connectivity index (χ0n) is 9.97. The second-order valence-corrected chi connectivity index (χ2v) is 5.50. The molecule has 94 valence electrons. The molecule has 0 radical (unpaired) electrons. The molecule has 1 heterocycles. The Hall–Kier alpha value is -1.52. The lowest BCUT2D eigenvalue weighted by Crippen LogP contribution is -1.80. The molecule has 3 rings (SSSR count). The average Bonchev–Trinajstić information content (AvgIpc) is 2.83. The Bertz CT molecular complexity index is 690. The maximum absolute atomic E-state index is 4.48. The van der Waals surface area contributed by atoms with E-state index in [9.17, 15) is 0 Å². The van der Waals surface area contributed by atoms with Crippen molar-refractivity contribution in [2.45, 2.75) is 5.03 Å². The Balaban J connectivity index is 2.04. The summed E-state index contributed by atoms with van der Waals surface area (Å²) in [5.41, 5.74) is 3.07. The monoisotopic (exact) mass is 330 g/mol. The van der Waals surface area contributed by atoms with Crippen LogP contribution in [0.4, 0.5) is 0 Å². The highest BCUT2D eigenvalue weighted by Crippen LogP contribution is 2.28. The van der Waals surface area contributed by atoms with Gasteiger partial charge in [-0.25, -0.2) is 4.98 Å². The highest BCUT2D eigenvalue weighted by molar-refractivity contribution is 9.10. The summed E-state index contributed by atoms with van der Waals surface area (Å²) in [6, 6.07) is 18.1. The van der Waals surface area contributed by atoms with Crippen LogP contribution in [0.5, 0.6) is 0 Å². The first-order chi connectivity index (χ1) is 9.24. The zero-order chi connectivity index (χ0) is 13.2. The highest BCUT2D eigenvalue weighted by Gasteiger charge is 2.10. The van der Waals surface area contributed by atoms with Crippen LogP contribution in [-0.4, -0.2) is 9.97 Å². The van der Waals surface area contributed by atoms with Crippen LogP contribution in [-0.2, 0) is 0 Å². The number of hydrogen-bond donors (Lipinski definition) is 2. The highest BCUT2D eigenvalue weighted by atomic mass is 79.9. The first kappa shape index (κ1) is 12.5. The molecular weight excluding hydrogens is 320 g/mol. The van der Waals surface area contributed by atoms with Gasteiger partial charge in [0.1, 0.15) is 10.9 Å². The molecule has 0 bridgehead atoms. The van der Waals surface area contributed by atoms with Crippen LogP contribution in [0.15, 0.2) is 64.1 Å². The van der Waals surface area contributed by atoms with Gasteiger partial charge in [-0.05, 0) is 12.1 Å². The first-order valence-corrected chi connectivity index (χ1v) is 7.08. The maximum atomic E-state index is 4.48. The lowest BCUT2D eigenvalue weighted by molar-refractivity contribution is 1.21.